The standard InChI is InChI=1S/C22H21FN2O4S.C2HF3O2/c1-2-25(15-16-7-4-3-5-8-16)21-12-11-18(14-20(21)22(26)27)24-30(28,29)19-10-6-9-17(23)13-19;3-2(4,5)1(6)7/h3-14,24H,2,15H2,1H3,(H,26,27);(H,6,7). The Morgan fingerprint density at radius 3 is 2.08 bits per heavy atom. The fourth-order valence-corrected chi connectivity index (χ4v) is 4.15. The summed E-state index contributed by atoms with van der Waals surface area (Å²) in [5.74, 6) is -4.62. The van der Waals surface area contributed by atoms with Crippen LogP contribution in [0.1, 0.15) is 22.8 Å². The van der Waals surface area contributed by atoms with Gasteiger partial charge in [0.25, 0.3) is 10.0 Å². The lowest BCUT2D eigenvalue weighted by molar-refractivity contribution is -0.192. The summed E-state index contributed by atoms with van der Waals surface area (Å²) in [6.07, 6.45) is -5.08. The molecule has 0 aliphatic rings. The van der Waals surface area contributed by atoms with Gasteiger partial charge in [0.1, 0.15) is 5.82 Å². The van der Waals surface area contributed by atoms with Crippen LogP contribution in [0.5, 0.6) is 0 Å². The summed E-state index contributed by atoms with van der Waals surface area (Å²) < 4.78 is 72.5. The first-order valence-corrected chi connectivity index (χ1v) is 12.0. The Labute approximate surface area is 209 Å². The molecule has 37 heavy (non-hydrogen) atoms. The van der Waals surface area contributed by atoms with Crippen LogP contribution in [0.2, 0.25) is 0 Å². The zero-order chi connectivity index (χ0) is 27.8. The molecule has 0 unspecified atom stereocenters. The van der Waals surface area contributed by atoms with E-state index < -0.39 is 34.0 Å². The lowest BCUT2D eigenvalue weighted by Crippen LogP contribution is -2.24. The van der Waals surface area contributed by atoms with E-state index in [1.165, 1.54) is 24.3 Å². The minimum atomic E-state index is -5.08. The van der Waals surface area contributed by atoms with Gasteiger partial charge in [0.05, 0.1) is 16.1 Å². The monoisotopic (exact) mass is 542 g/mol. The number of sulfonamides is 1. The van der Waals surface area contributed by atoms with E-state index in [0.29, 0.717) is 18.8 Å². The SMILES string of the molecule is CCN(Cc1ccccc1)c1ccc(NS(=O)(=O)c2cccc(F)c2)cc1C(=O)O.O=C(O)C(F)(F)F. The summed E-state index contributed by atoms with van der Waals surface area (Å²) in [5, 5.41) is 16.8. The van der Waals surface area contributed by atoms with E-state index in [1.807, 2.05) is 42.2 Å². The van der Waals surface area contributed by atoms with Crippen molar-refractivity contribution in [2.45, 2.75) is 24.5 Å². The molecule has 0 saturated carbocycles. The molecule has 0 saturated heterocycles. The molecule has 0 fully saturated rings. The number of anilines is 2. The number of benzene rings is 3. The van der Waals surface area contributed by atoms with Crippen molar-refractivity contribution in [2.75, 3.05) is 16.2 Å². The highest BCUT2D eigenvalue weighted by molar-refractivity contribution is 7.92. The van der Waals surface area contributed by atoms with Crippen LogP contribution in [0.15, 0.2) is 77.7 Å². The van der Waals surface area contributed by atoms with Crippen LogP contribution in [-0.2, 0) is 21.4 Å². The highest BCUT2D eigenvalue weighted by Crippen LogP contribution is 2.27. The summed E-state index contributed by atoms with van der Waals surface area (Å²) in [6.45, 7) is 2.98. The van der Waals surface area contributed by atoms with Gasteiger partial charge in [0.15, 0.2) is 0 Å². The fourth-order valence-electron chi connectivity index (χ4n) is 3.07. The zero-order valence-corrected chi connectivity index (χ0v) is 20.1. The Morgan fingerprint density at radius 2 is 1.57 bits per heavy atom. The van der Waals surface area contributed by atoms with Gasteiger partial charge in [0, 0.05) is 18.8 Å². The molecule has 0 aliphatic heterocycles. The average Bonchev–Trinajstić information content (AvgIpc) is 2.83. The molecule has 0 bridgehead atoms. The second kappa shape index (κ2) is 12.2. The molecule has 198 valence electrons. The van der Waals surface area contributed by atoms with Gasteiger partial charge in [0.2, 0.25) is 0 Å². The Kier molecular flexibility index (Phi) is 9.61. The van der Waals surface area contributed by atoms with Crippen LogP contribution in [0.3, 0.4) is 0 Å². The molecule has 0 atom stereocenters. The van der Waals surface area contributed by atoms with E-state index in [-0.39, 0.29) is 16.1 Å². The molecule has 0 aliphatic carbocycles. The van der Waals surface area contributed by atoms with Crippen LogP contribution in [0, 0.1) is 5.82 Å². The molecular formula is C24H22F4N2O6S. The quantitative estimate of drug-likeness (QED) is 0.343. The predicted molar refractivity (Wildman–Crippen MR) is 127 cm³/mol. The number of hydrogen-bond donors (Lipinski definition) is 3. The van der Waals surface area contributed by atoms with Crippen molar-refractivity contribution in [3.8, 4) is 0 Å². The van der Waals surface area contributed by atoms with Gasteiger partial charge < -0.3 is 15.1 Å². The van der Waals surface area contributed by atoms with E-state index in [4.69, 9.17) is 9.90 Å². The lowest BCUT2D eigenvalue weighted by Gasteiger charge is -2.25. The Morgan fingerprint density at radius 1 is 0.946 bits per heavy atom. The van der Waals surface area contributed by atoms with Gasteiger partial charge in [-0.05, 0) is 48.9 Å². The van der Waals surface area contributed by atoms with Crippen molar-refractivity contribution in [3.05, 3.63) is 89.7 Å². The van der Waals surface area contributed by atoms with Crippen molar-refractivity contribution in [1.82, 2.24) is 0 Å². The lowest BCUT2D eigenvalue weighted by atomic mass is 10.1. The van der Waals surface area contributed by atoms with Crippen LogP contribution in [-0.4, -0.2) is 43.3 Å². The van der Waals surface area contributed by atoms with Crippen molar-refractivity contribution in [2.24, 2.45) is 0 Å². The van der Waals surface area contributed by atoms with Crippen molar-refractivity contribution < 1.29 is 45.8 Å². The van der Waals surface area contributed by atoms with E-state index in [2.05, 4.69) is 4.72 Å². The smallest absolute Gasteiger partial charge is 0.478 e. The number of carbonyl (C=O) groups is 2. The first-order valence-electron chi connectivity index (χ1n) is 10.5. The minimum Gasteiger partial charge on any atom is -0.478 e. The summed E-state index contributed by atoms with van der Waals surface area (Å²) >= 11 is 0. The van der Waals surface area contributed by atoms with Gasteiger partial charge in [-0.25, -0.2) is 22.4 Å². The van der Waals surface area contributed by atoms with Gasteiger partial charge in [-0.1, -0.05) is 36.4 Å². The molecule has 13 heteroatoms. The molecule has 0 aromatic heterocycles. The molecule has 3 N–H and O–H groups in total. The summed E-state index contributed by atoms with van der Waals surface area (Å²) in [7, 11) is -4.06. The summed E-state index contributed by atoms with van der Waals surface area (Å²) in [5.41, 5.74) is 1.54. The molecule has 3 aromatic rings. The molecule has 0 radical (unpaired) electrons. The highest BCUT2D eigenvalue weighted by atomic mass is 32.2. The molecule has 0 amide bonds. The van der Waals surface area contributed by atoms with Gasteiger partial charge >= 0.3 is 18.1 Å². The Balaban J connectivity index is 0.000000604. The summed E-state index contributed by atoms with van der Waals surface area (Å²) in [4.78, 5) is 22.4. The maximum atomic E-state index is 13.4. The van der Waals surface area contributed by atoms with Crippen molar-refractivity contribution in [1.29, 1.82) is 0 Å². The number of nitrogens with one attached hydrogen (secondary N) is 1. The number of carboxylic acid groups (broad SMARTS) is 2. The molecule has 0 heterocycles. The van der Waals surface area contributed by atoms with Gasteiger partial charge in [-0.3, -0.25) is 4.72 Å². The second-order valence-corrected chi connectivity index (χ2v) is 9.09. The van der Waals surface area contributed by atoms with Crippen LogP contribution in [0.4, 0.5) is 28.9 Å². The van der Waals surface area contributed by atoms with E-state index in [9.17, 15) is 35.9 Å². The third-order valence-corrected chi connectivity index (χ3v) is 6.15. The summed E-state index contributed by atoms with van der Waals surface area (Å²) in [6, 6.07) is 18.5. The first kappa shape index (κ1) is 29.1. The largest absolute Gasteiger partial charge is 0.490 e. The Bertz CT molecular complexity index is 1350. The number of hydrogen-bond acceptors (Lipinski definition) is 5. The number of aromatic carboxylic acids is 1. The van der Waals surface area contributed by atoms with E-state index in [1.54, 1.807) is 6.07 Å². The van der Waals surface area contributed by atoms with Crippen LogP contribution in [0.25, 0.3) is 0 Å². The van der Waals surface area contributed by atoms with Crippen molar-refractivity contribution in [3.63, 3.8) is 0 Å². The van der Waals surface area contributed by atoms with E-state index >= 15 is 0 Å². The highest BCUT2D eigenvalue weighted by Gasteiger charge is 2.38. The topological polar surface area (TPSA) is 124 Å². The fraction of sp³-hybridized carbons (Fsp3) is 0.167. The molecule has 0 spiro atoms. The molecule has 8 nitrogen and oxygen atoms in total. The molecular weight excluding hydrogens is 520 g/mol. The average molecular weight is 543 g/mol. The third-order valence-electron chi connectivity index (χ3n) is 4.77. The number of rotatable bonds is 8. The van der Waals surface area contributed by atoms with Gasteiger partial charge in [-0.15, -0.1) is 0 Å². The van der Waals surface area contributed by atoms with Crippen molar-refractivity contribution >= 4 is 33.3 Å². The van der Waals surface area contributed by atoms with Crippen LogP contribution < -0.4 is 9.62 Å². The number of aliphatic carboxylic acids is 1. The molecule has 3 rings (SSSR count). The van der Waals surface area contributed by atoms with E-state index in [0.717, 1.165) is 17.7 Å². The van der Waals surface area contributed by atoms with Crippen LogP contribution >= 0.6 is 0 Å². The van der Waals surface area contributed by atoms with Gasteiger partial charge in [-0.2, -0.15) is 13.2 Å². The number of alkyl halides is 3. The predicted octanol–water partition coefficient (Wildman–Crippen LogP) is 4.98. The number of carboxylic acids is 2. The number of halogens is 4. The first-order chi connectivity index (χ1) is 17.2. The normalized spacial score (nSPS) is 11.2. The maximum absolute atomic E-state index is 13.4. The zero-order valence-electron chi connectivity index (χ0n) is 19.2. The third kappa shape index (κ3) is 8.49. The Hall–Kier alpha value is -4.13. The molecule has 3 aromatic carbocycles. The second-order valence-electron chi connectivity index (χ2n) is 7.40. The number of nitrogens with zero attached hydrogens (tertiary/aromatic N) is 1. The minimum absolute atomic E-state index is 0.0350. The maximum Gasteiger partial charge on any atom is 0.490 e.